The third-order valence-corrected chi connectivity index (χ3v) is 8.47. The molecule has 0 saturated carbocycles. The molecule has 3 aromatic rings. The number of imide groups is 1. The normalized spacial score (nSPS) is 14.0. The average molecular weight is 817 g/mol. The van der Waals surface area contributed by atoms with Gasteiger partial charge in [0.25, 0.3) is 11.1 Å². The van der Waals surface area contributed by atoms with Crippen LogP contribution in [0.2, 0.25) is 5.02 Å². The van der Waals surface area contributed by atoms with Gasteiger partial charge < -0.3 is 14.8 Å². The third-order valence-electron chi connectivity index (χ3n) is 5.63. The second-order valence-electron chi connectivity index (χ2n) is 8.73. The lowest BCUT2D eigenvalue weighted by atomic mass is 10.2. The highest BCUT2D eigenvalue weighted by molar-refractivity contribution is 14.1. The average Bonchev–Trinajstić information content (AvgIpc) is 3.20. The molecule has 1 fully saturated rings. The Bertz CT molecular complexity index is 1510. The standard InChI is InChI=1S/C29H23ClI2N2O6S/c1-2-10-39-28(37)20-14-19(8-9-21(20)30)33-25(35)15-34-27(36)24(41-29(34)38)13-18-11-22(31)26(23(32)12-18)40-16-17-6-4-3-5-7-17/h3-9,11-14H,2,10,15-16H2,1H3,(H,33,35)/b24-13+. The van der Waals surface area contributed by atoms with E-state index < -0.39 is 29.6 Å². The molecule has 0 radical (unpaired) electrons. The number of esters is 1. The number of hydrogen-bond donors (Lipinski definition) is 1. The van der Waals surface area contributed by atoms with Crippen molar-refractivity contribution in [3.8, 4) is 5.75 Å². The largest absolute Gasteiger partial charge is 0.487 e. The molecule has 0 unspecified atom stereocenters. The molecule has 0 aliphatic carbocycles. The van der Waals surface area contributed by atoms with Crippen molar-refractivity contribution >= 4 is 103 Å². The Hall–Kier alpha value is -2.62. The fraction of sp³-hybridized carbons (Fsp3) is 0.172. The number of carbonyl (C=O) groups is 4. The highest BCUT2D eigenvalue weighted by Crippen LogP contribution is 2.35. The van der Waals surface area contributed by atoms with E-state index in [1.165, 1.54) is 18.2 Å². The Morgan fingerprint density at radius 2 is 1.76 bits per heavy atom. The summed E-state index contributed by atoms with van der Waals surface area (Å²) in [6, 6.07) is 17.9. The van der Waals surface area contributed by atoms with E-state index >= 15 is 0 Å². The Kier molecular flexibility index (Phi) is 11.1. The van der Waals surface area contributed by atoms with E-state index in [1.807, 2.05) is 49.4 Å². The number of hydrogen-bond acceptors (Lipinski definition) is 7. The van der Waals surface area contributed by atoms with E-state index in [9.17, 15) is 19.2 Å². The number of ether oxygens (including phenoxy) is 2. The zero-order valence-electron chi connectivity index (χ0n) is 21.6. The van der Waals surface area contributed by atoms with Crippen LogP contribution >= 0.6 is 68.5 Å². The lowest BCUT2D eigenvalue weighted by Gasteiger charge is -2.13. The van der Waals surface area contributed by atoms with Gasteiger partial charge in [0, 0.05) is 5.69 Å². The molecule has 0 bridgehead atoms. The summed E-state index contributed by atoms with van der Waals surface area (Å²) in [4.78, 5) is 51.7. The van der Waals surface area contributed by atoms with Gasteiger partial charge in [-0.05, 0) is 111 Å². The third kappa shape index (κ3) is 8.23. The smallest absolute Gasteiger partial charge is 0.339 e. The first-order valence-electron chi connectivity index (χ1n) is 12.3. The van der Waals surface area contributed by atoms with E-state index in [-0.39, 0.29) is 27.8 Å². The van der Waals surface area contributed by atoms with Crippen LogP contribution in [-0.2, 0) is 20.9 Å². The fourth-order valence-electron chi connectivity index (χ4n) is 3.69. The van der Waals surface area contributed by atoms with Crippen LogP contribution in [0.4, 0.5) is 10.5 Å². The van der Waals surface area contributed by atoms with Crippen LogP contribution in [0.3, 0.4) is 0 Å². The van der Waals surface area contributed by atoms with Crippen molar-refractivity contribution in [3.05, 3.63) is 94.4 Å². The number of benzene rings is 3. The molecule has 1 aliphatic heterocycles. The zero-order valence-corrected chi connectivity index (χ0v) is 27.5. The molecule has 0 aromatic heterocycles. The molecular weight excluding hydrogens is 794 g/mol. The highest BCUT2D eigenvalue weighted by atomic mass is 127. The molecule has 3 amide bonds. The van der Waals surface area contributed by atoms with Gasteiger partial charge in [0.15, 0.2) is 0 Å². The summed E-state index contributed by atoms with van der Waals surface area (Å²) in [5, 5.41) is 2.23. The number of nitrogens with one attached hydrogen (secondary N) is 1. The molecule has 12 heteroatoms. The number of amides is 3. The van der Waals surface area contributed by atoms with E-state index in [4.69, 9.17) is 21.1 Å². The topological polar surface area (TPSA) is 102 Å². The maximum absolute atomic E-state index is 13.0. The predicted octanol–water partition coefficient (Wildman–Crippen LogP) is 7.37. The number of thioether (sulfide) groups is 1. The first-order valence-corrected chi connectivity index (χ1v) is 15.7. The summed E-state index contributed by atoms with van der Waals surface area (Å²) in [5.74, 6) is -1.04. The quantitative estimate of drug-likeness (QED) is 0.130. The van der Waals surface area contributed by atoms with Gasteiger partial charge in [-0.15, -0.1) is 0 Å². The van der Waals surface area contributed by atoms with Gasteiger partial charge in [0.2, 0.25) is 5.91 Å². The number of anilines is 1. The van der Waals surface area contributed by atoms with Crippen molar-refractivity contribution < 1.29 is 28.7 Å². The maximum atomic E-state index is 13.0. The molecule has 1 saturated heterocycles. The summed E-state index contributed by atoms with van der Waals surface area (Å²) >= 11 is 11.2. The molecule has 41 heavy (non-hydrogen) atoms. The summed E-state index contributed by atoms with van der Waals surface area (Å²) < 4.78 is 12.9. The van der Waals surface area contributed by atoms with Crippen molar-refractivity contribution in [2.75, 3.05) is 18.5 Å². The molecular formula is C29H23ClI2N2O6S. The van der Waals surface area contributed by atoms with Gasteiger partial charge in [-0.25, -0.2) is 4.79 Å². The zero-order chi connectivity index (χ0) is 29.5. The van der Waals surface area contributed by atoms with E-state index in [0.717, 1.165) is 40.7 Å². The van der Waals surface area contributed by atoms with Gasteiger partial charge in [-0.1, -0.05) is 48.9 Å². The number of carbonyl (C=O) groups excluding carboxylic acids is 4. The summed E-state index contributed by atoms with van der Waals surface area (Å²) in [5.41, 5.74) is 2.16. The second kappa shape index (κ2) is 14.5. The molecule has 1 N–H and O–H groups in total. The first kappa shape index (κ1) is 31.3. The minimum atomic E-state index is -0.607. The summed E-state index contributed by atoms with van der Waals surface area (Å²) in [7, 11) is 0. The minimum absolute atomic E-state index is 0.104. The Labute approximate surface area is 273 Å². The molecule has 0 atom stereocenters. The second-order valence-corrected chi connectivity index (χ2v) is 12.5. The van der Waals surface area contributed by atoms with Crippen molar-refractivity contribution in [2.45, 2.75) is 20.0 Å². The number of rotatable bonds is 10. The summed E-state index contributed by atoms with van der Waals surface area (Å²) in [6.45, 7) is 2.05. The van der Waals surface area contributed by atoms with Crippen molar-refractivity contribution in [1.29, 1.82) is 0 Å². The minimum Gasteiger partial charge on any atom is -0.487 e. The summed E-state index contributed by atoms with van der Waals surface area (Å²) in [6.07, 6.45) is 2.28. The van der Waals surface area contributed by atoms with E-state index in [1.54, 1.807) is 6.08 Å². The Morgan fingerprint density at radius 1 is 1.05 bits per heavy atom. The van der Waals surface area contributed by atoms with Crippen LogP contribution in [0.5, 0.6) is 5.75 Å². The van der Waals surface area contributed by atoms with Gasteiger partial charge in [-0.3, -0.25) is 19.3 Å². The van der Waals surface area contributed by atoms with Gasteiger partial charge in [0.1, 0.15) is 18.9 Å². The van der Waals surface area contributed by atoms with Crippen LogP contribution in [0.25, 0.3) is 6.08 Å². The van der Waals surface area contributed by atoms with Gasteiger partial charge in [0.05, 0.1) is 29.2 Å². The molecule has 3 aromatic carbocycles. The molecule has 1 heterocycles. The van der Waals surface area contributed by atoms with Crippen LogP contribution < -0.4 is 10.1 Å². The number of nitrogens with zero attached hydrogens (tertiary/aromatic N) is 1. The number of halogens is 3. The van der Waals surface area contributed by atoms with Crippen LogP contribution in [0, 0.1) is 7.14 Å². The van der Waals surface area contributed by atoms with E-state index in [2.05, 4.69) is 50.5 Å². The van der Waals surface area contributed by atoms with Crippen LogP contribution in [0.1, 0.15) is 34.8 Å². The lowest BCUT2D eigenvalue weighted by Crippen LogP contribution is -2.36. The van der Waals surface area contributed by atoms with E-state index in [0.29, 0.717) is 13.0 Å². The predicted molar refractivity (Wildman–Crippen MR) is 176 cm³/mol. The molecule has 4 rings (SSSR count). The van der Waals surface area contributed by atoms with Gasteiger partial charge in [-0.2, -0.15) is 0 Å². The first-order chi connectivity index (χ1) is 19.7. The van der Waals surface area contributed by atoms with Gasteiger partial charge >= 0.3 is 5.97 Å². The molecule has 212 valence electrons. The molecule has 0 spiro atoms. The Balaban J connectivity index is 1.41. The highest BCUT2D eigenvalue weighted by Gasteiger charge is 2.36. The monoisotopic (exact) mass is 816 g/mol. The van der Waals surface area contributed by atoms with Crippen LogP contribution in [0.15, 0.2) is 65.6 Å². The maximum Gasteiger partial charge on any atom is 0.339 e. The van der Waals surface area contributed by atoms with Crippen molar-refractivity contribution in [3.63, 3.8) is 0 Å². The Morgan fingerprint density at radius 3 is 2.44 bits per heavy atom. The van der Waals surface area contributed by atoms with Crippen molar-refractivity contribution in [1.82, 2.24) is 4.90 Å². The molecule has 1 aliphatic rings. The molecule has 8 nitrogen and oxygen atoms in total. The lowest BCUT2D eigenvalue weighted by molar-refractivity contribution is -0.127. The van der Waals surface area contributed by atoms with Crippen LogP contribution in [-0.4, -0.2) is 41.1 Å². The van der Waals surface area contributed by atoms with Crippen molar-refractivity contribution in [2.24, 2.45) is 0 Å². The fourth-order valence-corrected chi connectivity index (χ4v) is 6.85. The SMILES string of the molecule is CCCOC(=O)c1cc(NC(=O)CN2C(=O)S/C(=C/c3cc(I)c(OCc4ccccc4)c(I)c3)C2=O)ccc1Cl.